The van der Waals surface area contributed by atoms with Crippen LogP contribution < -0.4 is 0 Å². The lowest BCUT2D eigenvalue weighted by molar-refractivity contribution is 0.230. The van der Waals surface area contributed by atoms with Gasteiger partial charge in [-0.2, -0.15) is 8.42 Å². The SMILES string of the molecule is CC(C)O/C(=N/S(=O)(=O)c1ccccc1)c1ccccc1. The van der Waals surface area contributed by atoms with Crippen LogP contribution in [-0.2, 0) is 14.8 Å². The molecule has 0 radical (unpaired) electrons. The number of ether oxygens (including phenoxy) is 1. The summed E-state index contributed by atoms with van der Waals surface area (Å²) in [7, 11) is -3.79. The maximum absolute atomic E-state index is 12.3. The van der Waals surface area contributed by atoms with Crippen LogP contribution in [0.5, 0.6) is 0 Å². The molecule has 0 atom stereocenters. The van der Waals surface area contributed by atoms with Gasteiger partial charge in [0.15, 0.2) is 0 Å². The molecule has 0 aliphatic rings. The Hall–Kier alpha value is -2.14. The highest BCUT2D eigenvalue weighted by molar-refractivity contribution is 7.90. The molecule has 0 aromatic heterocycles. The third-order valence-corrected chi connectivity index (χ3v) is 3.89. The van der Waals surface area contributed by atoms with E-state index in [1.807, 2.05) is 32.0 Å². The summed E-state index contributed by atoms with van der Waals surface area (Å²) in [5.74, 6) is 0.106. The Labute approximate surface area is 125 Å². The Bertz CT molecular complexity index is 708. The van der Waals surface area contributed by atoms with Crippen LogP contribution in [0.4, 0.5) is 0 Å². The lowest BCUT2D eigenvalue weighted by atomic mass is 10.2. The van der Waals surface area contributed by atoms with Crippen LogP contribution in [0, 0.1) is 0 Å². The monoisotopic (exact) mass is 303 g/mol. The first-order valence-corrected chi connectivity index (χ1v) is 8.05. The molecule has 21 heavy (non-hydrogen) atoms. The van der Waals surface area contributed by atoms with E-state index in [1.54, 1.807) is 30.3 Å². The lowest BCUT2D eigenvalue weighted by Gasteiger charge is -2.12. The molecule has 0 N–H and O–H groups in total. The molecule has 0 aliphatic carbocycles. The first-order chi connectivity index (χ1) is 9.99. The number of nitrogens with zero attached hydrogens (tertiary/aromatic N) is 1. The van der Waals surface area contributed by atoms with E-state index in [-0.39, 0.29) is 16.9 Å². The Morgan fingerprint density at radius 3 is 2.00 bits per heavy atom. The van der Waals surface area contributed by atoms with Gasteiger partial charge < -0.3 is 4.74 Å². The Balaban J connectivity index is 2.46. The second-order valence-electron chi connectivity index (χ2n) is 4.72. The van der Waals surface area contributed by atoms with Crippen molar-refractivity contribution in [3.63, 3.8) is 0 Å². The lowest BCUT2D eigenvalue weighted by Crippen LogP contribution is -2.15. The van der Waals surface area contributed by atoms with Crippen molar-refractivity contribution >= 4 is 15.9 Å². The van der Waals surface area contributed by atoms with Gasteiger partial charge in [0.05, 0.1) is 11.0 Å². The summed E-state index contributed by atoms with van der Waals surface area (Å²) < 4.78 is 34.1. The van der Waals surface area contributed by atoms with Crippen molar-refractivity contribution < 1.29 is 13.2 Å². The number of hydrogen-bond acceptors (Lipinski definition) is 3. The number of sulfonamides is 1. The molecule has 0 aliphatic heterocycles. The molecule has 0 saturated heterocycles. The van der Waals surface area contributed by atoms with Gasteiger partial charge in [0.25, 0.3) is 10.0 Å². The molecule has 2 aromatic carbocycles. The van der Waals surface area contributed by atoms with Gasteiger partial charge >= 0.3 is 0 Å². The van der Waals surface area contributed by atoms with Crippen molar-refractivity contribution in [3.05, 3.63) is 66.2 Å². The molecule has 0 heterocycles. The van der Waals surface area contributed by atoms with Crippen LogP contribution >= 0.6 is 0 Å². The van der Waals surface area contributed by atoms with Gasteiger partial charge in [-0.05, 0) is 38.1 Å². The molecule has 0 unspecified atom stereocenters. The van der Waals surface area contributed by atoms with E-state index in [1.165, 1.54) is 12.1 Å². The predicted molar refractivity (Wildman–Crippen MR) is 82.8 cm³/mol. The number of rotatable bonds is 4. The first-order valence-electron chi connectivity index (χ1n) is 6.61. The van der Waals surface area contributed by atoms with Gasteiger partial charge in [-0.1, -0.05) is 36.4 Å². The topological polar surface area (TPSA) is 55.7 Å². The van der Waals surface area contributed by atoms with Gasteiger partial charge in [-0.15, -0.1) is 4.40 Å². The normalized spacial score (nSPS) is 12.4. The standard InChI is InChI=1S/C16H17NO3S/c1-13(2)20-16(14-9-5-3-6-10-14)17-21(18,19)15-11-7-4-8-12-15/h3-13H,1-2H3/b17-16+. The van der Waals surface area contributed by atoms with Gasteiger partial charge in [-0.25, -0.2) is 0 Å². The highest BCUT2D eigenvalue weighted by atomic mass is 32.2. The fourth-order valence-corrected chi connectivity index (χ4v) is 2.67. The van der Waals surface area contributed by atoms with Crippen molar-refractivity contribution in [2.75, 3.05) is 0 Å². The highest BCUT2D eigenvalue weighted by Crippen LogP contribution is 2.14. The zero-order valence-electron chi connectivity index (χ0n) is 11.9. The summed E-state index contributed by atoms with van der Waals surface area (Å²) in [6, 6.07) is 17.1. The number of benzene rings is 2. The van der Waals surface area contributed by atoms with E-state index in [0.29, 0.717) is 5.56 Å². The van der Waals surface area contributed by atoms with E-state index in [2.05, 4.69) is 4.40 Å². The summed E-state index contributed by atoms with van der Waals surface area (Å²) in [6.45, 7) is 3.65. The van der Waals surface area contributed by atoms with Crippen LogP contribution in [0.15, 0.2) is 70.0 Å². The zero-order valence-corrected chi connectivity index (χ0v) is 12.7. The van der Waals surface area contributed by atoms with Gasteiger partial charge in [0, 0.05) is 5.56 Å². The summed E-state index contributed by atoms with van der Waals surface area (Å²) in [6.07, 6.45) is -0.171. The molecular formula is C16H17NO3S. The van der Waals surface area contributed by atoms with Crippen molar-refractivity contribution in [1.29, 1.82) is 0 Å². The van der Waals surface area contributed by atoms with E-state index >= 15 is 0 Å². The first kappa shape index (κ1) is 15.3. The summed E-state index contributed by atoms with van der Waals surface area (Å²) in [5, 5.41) is 0. The van der Waals surface area contributed by atoms with Gasteiger partial charge in [-0.3, -0.25) is 0 Å². The van der Waals surface area contributed by atoms with Gasteiger partial charge in [0.2, 0.25) is 5.90 Å². The zero-order chi connectivity index (χ0) is 15.3. The fourth-order valence-electron chi connectivity index (χ4n) is 1.70. The largest absolute Gasteiger partial charge is 0.474 e. The Kier molecular flexibility index (Phi) is 4.75. The second kappa shape index (κ2) is 6.54. The molecule has 5 heteroatoms. The molecule has 0 spiro atoms. The minimum atomic E-state index is -3.79. The minimum Gasteiger partial charge on any atom is -0.474 e. The molecular weight excluding hydrogens is 286 g/mol. The maximum Gasteiger partial charge on any atom is 0.285 e. The summed E-state index contributed by atoms with van der Waals surface area (Å²) in [5.41, 5.74) is 0.630. The molecule has 0 amide bonds. The van der Waals surface area contributed by atoms with E-state index < -0.39 is 10.0 Å². The van der Waals surface area contributed by atoms with E-state index in [9.17, 15) is 8.42 Å². The van der Waals surface area contributed by atoms with Crippen molar-refractivity contribution in [2.24, 2.45) is 4.40 Å². The average Bonchev–Trinajstić information content (AvgIpc) is 2.48. The Morgan fingerprint density at radius 2 is 1.48 bits per heavy atom. The van der Waals surface area contributed by atoms with Gasteiger partial charge in [0.1, 0.15) is 0 Å². The van der Waals surface area contributed by atoms with Crippen molar-refractivity contribution in [1.82, 2.24) is 0 Å². The number of hydrogen-bond donors (Lipinski definition) is 0. The minimum absolute atomic E-state index is 0.106. The Morgan fingerprint density at radius 1 is 0.952 bits per heavy atom. The van der Waals surface area contributed by atoms with Crippen LogP contribution in [0.25, 0.3) is 0 Å². The van der Waals surface area contributed by atoms with Crippen molar-refractivity contribution in [2.45, 2.75) is 24.8 Å². The van der Waals surface area contributed by atoms with Crippen molar-refractivity contribution in [3.8, 4) is 0 Å². The molecule has 2 aromatic rings. The maximum atomic E-state index is 12.3. The summed E-state index contributed by atoms with van der Waals surface area (Å²) in [4.78, 5) is 0.144. The molecule has 0 fully saturated rings. The third-order valence-electron chi connectivity index (χ3n) is 2.61. The van der Waals surface area contributed by atoms with Crippen LogP contribution in [0.3, 0.4) is 0 Å². The van der Waals surface area contributed by atoms with Crippen LogP contribution in [-0.4, -0.2) is 20.4 Å². The molecule has 4 nitrogen and oxygen atoms in total. The average molecular weight is 303 g/mol. The predicted octanol–water partition coefficient (Wildman–Crippen LogP) is 3.25. The molecule has 2 rings (SSSR count). The third kappa shape index (κ3) is 4.16. The summed E-state index contributed by atoms with van der Waals surface area (Å²) >= 11 is 0. The van der Waals surface area contributed by atoms with E-state index in [0.717, 1.165) is 0 Å². The molecule has 110 valence electrons. The van der Waals surface area contributed by atoms with E-state index in [4.69, 9.17) is 4.74 Å². The second-order valence-corrected chi connectivity index (χ2v) is 6.32. The fraction of sp³-hybridized carbons (Fsp3) is 0.188. The molecule has 0 bridgehead atoms. The molecule has 0 saturated carbocycles. The van der Waals surface area contributed by atoms with Crippen LogP contribution in [0.2, 0.25) is 0 Å². The quantitative estimate of drug-likeness (QED) is 0.643. The smallest absolute Gasteiger partial charge is 0.285 e. The van der Waals surface area contributed by atoms with Crippen LogP contribution in [0.1, 0.15) is 19.4 Å². The highest BCUT2D eigenvalue weighted by Gasteiger charge is 2.16.